The molecule has 1 aliphatic heterocycles. The number of rotatable bonds is 6. The highest BCUT2D eigenvalue weighted by atomic mass is 16.2. The van der Waals surface area contributed by atoms with Gasteiger partial charge in [0.2, 0.25) is 11.8 Å². The predicted octanol–water partition coefficient (Wildman–Crippen LogP) is 0.428. The summed E-state index contributed by atoms with van der Waals surface area (Å²) in [5.41, 5.74) is 7.12. The average molecular weight is 319 g/mol. The van der Waals surface area contributed by atoms with Crippen molar-refractivity contribution in [1.29, 1.82) is 0 Å². The van der Waals surface area contributed by atoms with E-state index in [0.717, 1.165) is 30.8 Å². The third-order valence-electron chi connectivity index (χ3n) is 4.07. The van der Waals surface area contributed by atoms with Crippen molar-refractivity contribution in [2.45, 2.75) is 38.6 Å². The molecule has 0 spiro atoms. The first kappa shape index (κ1) is 17.3. The van der Waals surface area contributed by atoms with Gasteiger partial charge in [-0.05, 0) is 38.8 Å². The Morgan fingerprint density at radius 1 is 1.39 bits per heavy atom. The van der Waals surface area contributed by atoms with E-state index in [0.29, 0.717) is 18.7 Å². The maximum Gasteiger partial charge on any atom is 0.231 e. The molecule has 0 radical (unpaired) electrons. The molecule has 1 aromatic heterocycles. The van der Waals surface area contributed by atoms with Gasteiger partial charge in [0.05, 0.1) is 18.3 Å². The van der Waals surface area contributed by atoms with Crippen molar-refractivity contribution >= 4 is 11.8 Å². The lowest BCUT2D eigenvalue weighted by Crippen LogP contribution is -2.33. The molecule has 0 aliphatic carbocycles. The van der Waals surface area contributed by atoms with Gasteiger partial charge >= 0.3 is 0 Å². The first-order valence-corrected chi connectivity index (χ1v) is 7.93. The molecule has 2 amide bonds. The van der Waals surface area contributed by atoms with Crippen molar-refractivity contribution in [2.75, 3.05) is 27.2 Å². The minimum absolute atomic E-state index is 0.0824. The molecule has 1 fully saturated rings. The molecule has 2 heterocycles. The van der Waals surface area contributed by atoms with Crippen molar-refractivity contribution in [3.63, 3.8) is 0 Å². The fraction of sp³-hybridized carbons (Fsp3) is 0.625. The zero-order valence-corrected chi connectivity index (χ0v) is 14.1. The Balaban J connectivity index is 2.13. The van der Waals surface area contributed by atoms with Crippen LogP contribution in [0, 0.1) is 6.92 Å². The van der Waals surface area contributed by atoms with Crippen LogP contribution in [-0.4, -0.2) is 58.8 Å². The molecule has 1 aliphatic rings. The smallest absolute Gasteiger partial charge is 0.231 e. The van der Waals surface area contributed by atoms with Gasteiger partial charge in [-0.1, -0.05) is 0 Å². The molecule has 1 atom stereocenters. The Hall–Kier alpha value is -2.02. The van der Waals surface area contributed by atoms with Gasteiger partial charge in [-0.15, -0.1) is 0 Å². The standard InChI is InChI=1S/C16H25N5O2/c1-11-18-12(6-7-16(23)20(2)3)9-13(19-11)14-5-4-8-21(14)10-15(17)22/h9,14H,4-8,10H2,1-3H3,(H2,17,22). The highest BCUT2D eigenvalue weighted by Gasteiger charge is 2.28. The molecule has 0 aromatic carbocycles. The third kappa shape index (κ3) is 4.72. The van der Waals surface area contributed by atoms with Crippen LogP contribution in [0.4, 0.5) is 0 Å². The first-order valence-electron chi connectivity index (χ1n) is 7.93. The Bertz CT molecular complexity index is 588. The van der Waals surface area contributed by atoms with Crippen LogP contribution in [0.25, 0.3) is 0 Å². The van der Waals surface area contributed by atoms with E-state index in [1.54, 1.807) is 19.0 Å². The number of hydrogen-bond acceptors (Lipinski definition) is 5. The molecule has 0 bridgehead atoms. The van der Waals surface area contributed by atoms with E-state index in [1.165, 1.54) is 0 Å². The monoisotopic (exact) mass is 319 g/mol. The van der Waals surface area contributed by atoms with Crippen LogP contribution in [0.3, 0.4) is 0 Å². The van der Waals surface area contributed by atoms with Gasteiger partial charge in [0, 0.05) is 26.2 Å². The second kappa shape index (κ2) is 7.50. The molecule has 23 heavy (non-hydrogen) atoms. The highest BCUT2D eigenvalue weighted by molar-refractivity contribution is 5.76. The quantitative estimate of drug-likeness (QED) is 0.821. The summed E-state index contributed by atoms with van der Waals surface area (Å²) in [6.45, 7) is 2.96. The second-order valence-electron chi connectivity index (χ2n) is 6.21. The van der Waals surface area contributed by atoms with E-state index < -0.39 is 0 Å². The van der Waals surface area contributed by atoms with E-state index in [1.807, 2.05) is 13.0 Å². The Kier molecular flexibility index (Phi) is 5.65. The van der Waals surface area contributed by atoms with Crippen molar-refractivity contribution in [2.24, 2.45) is 5.73 Å². The van der Waals surface area contributed by atoms with Crippen LogP contribution in [-0.2, 0) is 16.0 Å². The number of amides is 2. The Morgan fingerprint density at radius 2 is 2.13 bits per heavy atom. The molecule has 7 nitrogen and oxygen atoms in total. The molecular formula is C16H25N5O2. The van der Waals surface area contributed by atoms with Crippen LogP contribution in [0.15, 0.2) is 6.07 Å². The van der Waals surface area contributed by atoms with E-state index >= 15 is 0 Å². The number of nitrogens with two attached hydrogens (primary N) is 1. The fourth-order valence-corrected chi connectivity index (χ4v) is 2.96. The fourth-order valence-electron chi connectivity index (χ4n) is 2.96. The van der Waals surface area contributed by atoms with Crippen LogP contribution in [0.1, 0.15) is 42.5 Å². The molecule has 1 saturated heterocycles. The molecule has 7 heteroatoms. The minimum atomic E-state index is -0.320. The number of primary amides is 1. The van der Waals surface area contributed by atoms with Gasteiger partial charge in [0.15, 0.2) is 0 Å². The van der Waals surface area contributed by atoms with E-state index in [9.17, 15) is 9.59 Å². The molecule has 2 N–H and O–H groups in total. The number of carbonyl (C=O) groups excluding carboxylic acids is 2. The number of likely N-dealkylation sites (tertiary alicyclic amines) is 1. The van der Waals surface area contributed by atoms with Crippen LogP contribution >= 0.6 is 0 Å². The van der Waals surface area contributed by atoms with E-state index in [2.05, 4.69) is 14.9 Å². The minimum Gasteiger partial charge on any atom is -0.369 e. The summed E-state index contributed by atoms with van der Waals surface area (Å²) in [6, 6.07) is 2.06. The van der Waals surface area contributed by atoms with Crippen molar-refractivity contribution in [1.82, 2.24) is 19.8 Å². The number of aromatic nitrogens is 2. The summed E-state index contributed by atoms with van der Waals surface area (Å²) < 4.78 is 0. The average Bonchev–Trinajstić information content (AvgIpc) is 2.91. The zero-order chi connectivity index (χ0) is 17.0. The van der Waals surface area contributed by atoms with Crippen molar-refractivity contribution < 1.29 is 9.59 Å². The van der Waals surface area contributed by atoms with Gasteiger partial charge in [-0.25, -0.2) is 9.97 Å². The summed E-state index contributed by atoms with van der Waals surface area (Å²) in [5.74, 6) is 0.458. The summed E-state index contributed by atoms with van der Waals surface area (Å²) >= 11 is 0. The Labute approximate surface area is 136 Å². The van der Waals surface area contributed by atoms with Crippen LogP contribution in [0.2, 0.25) is 0 Å². The van der Waals surface area contributed by atoms with Crippen molar-refractivity contribution in [3.8, 4) is 0 Å². The number of nitrogens with zero attached hydrogens (tertiary/aromatic N) is 4. The molecule has 1 unspecified atom stereocenters. The molecule has 0 saturated carbocycles. The van der Waals surface area contributed by atoms with Crippen LogP contribution < -0.4 is 5.73 Å². The van der Waals surface area contributed by atoms with Gasteiger partial charge in [0.1, 0.15) is 5.82 Å². The van der Waals surface area contributed by atoms with E-state index in [-0.39, 0.29) is 24.4 Å². The maximum atomic E-state index is 11.7. The van der Waals surface area contributed by atoms with Gasteiger partial charge in [-0.2, -0.15) is 0 Å². The predicted molar refractivity (Wildman–Crippen MR) is 86.5 cm³/mol. The molecule has 126 valence electrons. The van der Waals surface area contributed by atoms with Crippen molar-refractivity contribution in [3.05, 3.63) is 23.3 Å². The number of carbonyl (C=O) groups is 2. The molecule has 2 rings (SSSR count). The molecular weight excluding hydrogens is 294 g/mol. The van der Waals surface area contributed by atoms with Gasteiger partial charge in [0.25, 0.3) is 0 Å². The first-order chi connectivity index (χ1) is 10.9. The second-order valence-corrected chi connectivity index (χ2v) is 6.21. The largest absolute Gasteiger partial charge is 0.369 e. The lowest BCUT2D eigenvalue weighted by atomic mass is 10.1. The maximum absolute atomic E-state index is 11.7. The third-order valence-corrected chi connectivity index (χ3v) is 4.07. The number of aryl methyl sites for hydroxylation is 2. The summed E-state index contributed by atoms with van der Waals surface area (Å²) in [6.07, 6.45) is 3.00. The van der Waals surface area contributed by atoms with E-state index in [4.69, 9.17) is 5.73 Å². The summed E-state index contributed by atoms with van der Waals surface area (Å²) in [7, 11) is 3.50. The topological polar surface area (TPSA) is 92.4 Å². The molecule has 1 aromatic rings. The van der Waals surface area contributed by atoms with Gasteiger partial charge in [-0.3, -0.25) is 14.5 Å². The summed E-state index contributed by atoms with van der Waals surface area (Å²) in [4.78, 5) is 35.6. The lowest BCUT2D eigenvalue weighted by molar-refractivity contribution is -0.128. The lowest BCUT2D eigenvalue weighted by Gasteiger charge is -2.23. The zero-order valence-electron chi connectivity index (χ0n) is 14.1. The Morgan fingerprint density at radius 3 is 2.78 bits per heavy atom. The number of hydrogen-bond donors (Lipinski definition) is 1. The highest BCUT2D eigenvalue weighted by Crippen LogP contribution is 2.30. The van der Waals surface area contributed by atoms with Gasteiger partial charge < -0.3 is 10.6 Å². The summed E-state index contributed by atoms with van der Waals surface area (Å²) in [5, 5.41) is 0. The SMILES string of the molecule is Cc1nc(CCC(=O)N(C)C)cc(C2CCCN2CC(N)=O)n1. The normalized spacial score (nSPS) is 18.1. The van der Waals surface area contributed by atoms with Crippen LogP contribution in [0.5, 0.6) is 0 Å².